The Bertz CT molecular complexity index is 297. The molecular weight excluding hydrogens is 224 g/mol. The Balaban J connectivity index is 2.18. The maximum absolute atomic E-state index is 11.7. The van der Waals surface area contributed by atoms with Gasteiger partial charge in [-0.1, -0.05) is 6.92 Å². The van der Waals surface area contributed by atoms with Gasteiger partial charge in [0.25, 0.3) is 0 Å². The number of hydrogen-bond donors (Lipinski definition) is 2. The molecule has 1 fully saturated rings. The average Bonchev–Trinajstić information content (AvgIpc) is 2.14. The summed E-state index contributed by atoms with van der Waals surface area (Å²) in [4.78, 5) is 0. The molecule has 0 amide bonds. The Kier molecular flexibility index (Phi) is 5.21. The van der Waals surface area contributed by atoms with Gasteiger partial charge in [-0.15, -0.1) is 0 Å². The molecule has 1 aliphatic rings. The Morgan fingerprint density at radius 3 is 2.44 bits per heavy atom. The number of rotatable bonds is 8. The lowest BCUT2D eigenvalue weighted by molar-refractivity contribution is 0.248. The highest BCUT2D eigenvalue weighted by Crippen LogP contribution is 2.31. The molecule has 0 aromatic rings. The molecule has 1 saturated carbocycles. The monoisotopic (exact) mass is 248 g/mol. The van der Waals surface area contributed by atoms with Crippen molar-refractivity contribution in [2.75, 3.05) is 18.8 Å². The summed E-state index contributed by atoms with van der Waals surface area (Å²) in [6.45, 7) is 5.84. The summed E-state index contributed by atoms with van der Waals surface area (Å²) in [5.41, 5.74) is -0.157. The topological polar surface area (TPSA) is 58.2 Å². The summed E-state index contributed by atoms with van der Waals surface area (Å²) in [5, 5.41) is 3.21. The molecule has 1 aliphatic carbocycles. The molecule has 0 bridgehead atoms. The van der Waals surface area contributed by atoms with Gasteiger partial charge in [-0.25, -0.2) is 13.1 Å². The third kappa shape index (κ3) is 4.80. The van der Waals surface area contributed by atoms with E-state index < -0.39 is 10.0 Å². The zero-order valence-corrected chi connectivity index (χ0v) is 11.2. The third-order valence-electron chi connectivity index (χ3n) is 3.05. The normalized spacial score (nSPS) is 19.4. The molecule has 5 heteroatoms. The molecule has 0 aliphatic heterocycles. The van der Waals surface area contributed by atoms with Gasteiger partial charge >= 0.3 is 0 Å². The SMILES string of the molecule is CCCNCCCS(=O)(=O)NC1(C)CCC1. The molecule has 0 aromatic carbocycles. The largest absolute Gasteiger partial charge is 0.317 e. The maximum Gasteiger partial charge on any atom is 0.212 e. The van der Waals surface area contributed by atoms with E-state index in [1.807, 2.05) is 6.92 Å². The first kappa shape index (κ1) is 13.9. The zero-order valence-electron chi connectivity index (χ0n) is 10.4. The van der Waals surface area contributed by atoms with E-state index in [0.717, 1.165) is 38.8 Å². The summed E-state index contributed by atoms with van der Waals surface area (Å²) < 4.78 is 26.3. The Labute approximate surface area is 99.2 Å². The standard InChI is InChI=1S/C11H24N2O2S/c1-3-8-12-9-5-10-16(14,15)13-11(2)6-4-7-11/h12-13H,3-10H2,1-2H3. The Morgan fingerprint density at radius 2 is 1.94 bits per heavy atom. The van der Waals surface area contributed by atoms with Crippen LogP contribution in [0.2, 0.25) is 0 Å². The van der Waals surface area contributed by atoms with Crippen molar-refractivity contribution in [1.29, 1.82) is 0 Å². The van der Waals surface area contributed by atoms with Crippen LogP contribution in [0.3, 0.4) is 0 Å². The van der Waals surface area contributed by atoms with E-state index in [4.69, 9.17) is 0 Å². The summed E-state index contributed by atoms with van der Waals surface area (Å²) in [7, 11) is -3.08. The molecular formula is C11H24N2O2S. The van der Waals surface area contributed by atoms with Gasteiger partial charge in [0.1, 0.15) is 0 Å². The third-order valence-corrected chi connectivity index (χ3v) is 4.68. The molecule has 0 heterocycles. The van der Waals surface area contributed by atoms with Crippen LogP contribution in [0, 0.1) is 0 Å². The van der Waals surface area contributed by atoms with Crippen LogP contribution in [-0.2, 0) is 10.0 Å². The van der Waals surface area contributed by atoms with Crippen LogP contribution in [0.5, 0.6) is 0 Å². The predicted molar refractivity (Wildman–Crippen MR) is 67.0 cm³/mol. The first-order valence-electron chi connectivity index (χ1n) is 6.20. The van der Waals surface area contributed by atoms with Crippen molar-refractivity contribution in [3.05, 3.63) is 0 Å². The highest BCUT2D eigenvalue weighted by Gasteiger charge is 2.35. The summed E-state index contributed by atoms with van der Waals surface area (Å²) in [5.74, 6) is 0.235. The van der Waals surface area contributed by atoms with E-state index in [-0.39, 0.29) is 11.3 Å². The van der Waals surface area contributed by atoms with Gasteiger partial charge in [-0.3, -0.25) is 0 Å². The van der Waals surface area contributed by atoms with E-state index in [1.165, 1.54) is 0 Å². The van der Waals surface area contributed by atoms with Crippen molar-refractivity contribution in [1.82, 2.24) is 10.0 Å². The molecule has 0 saturated heterocycles. The summed E-state index contributed by atoms with van der Waals surface area (Å²) >= 11 is 0. The van der Waals surface area contributed by atoms with Crippen molar-refractivity contribution in [2.24, 2.45) is 0 Å². The molecule has 0 radical (unpaired) electrons. The quantitative estimate of drug-likeness (QED) is 0.635. The fourth-order valence-corrected chi connectivity index (χ4v) is 3.51. The van der Waals surface area contributed by atoms with Crippen molar-refractivity contribution < 1.29 is 8.42 Å². The van der Waals surface area contributed by atoms with E-state index in [9.17, 15) is 8.42 Å². The van der Waals surface area contributed by atoms with Crippen molar-refractivity contribution in [3.8, 4) is 0 Å². The minimum Gasteiger partial charge on any atom is -0.317 e. The Hall–Kier alpha value is -0.130. The fourth-order valence-electron chi connectivity index (χ4n) is 1.92. The van der Waals surface area contributed by atoms with Crippen molar-refractivity contribution >= 4 is 10.0 Å². The second-order valence-corrected chi connectivity index (χ2v) is 6.78. The smallest absolute Gasteiger partial charge is 0.212 e. The molecule has 16 heavy (non-hydrogen) atoms. The van der Waals surface area contributed by atoms with E-state index in [0.29, 0.717) is 6.42 Å². The van der Waals surface area contributed by atoms with Gasteiger partial charge in [0, 0.05) is 5.54 Å². The number of sulfonamides is 1. The minimum absolute atomic E-state index is 0.157. The van der Waals surface area contributed by atoms with Crippen LogP contribution in [0.4, 0.5) is 0 Å². The first-order chi connectivity index (χ1) is 7.47. The van der Waals surface area contributed by atoms with Crippen LogP contribution in [0.1, 0.15) is 46.0 Å². The van der Waals surface area contributed by atoms with E-state index in [1.54, 1.807) is 0 Å². The highest BCUT2D eigenvalue weighted by molar-refractivity contribution is 7.89. The molecule has 1 rings (SSSR count). The lowest BCUT2D eigenvalue weighted by Crippen LogP contribution is -2.51. The lowest BCUT2D eigenvalue weighted by atomic mass is 9.80. The first-order valence-corrected chi connectivity index (χ1v) is 7.85. The van der Waals surface area contributed by atoms with Gasteiger partial charge < -0.3 is 5.32 Å². The predicted octanol–water partition coefficient (Wildman–Crippen LogP) is 1.24. The molecule has 2 N–H and O–H groups in total. The molecule has 4 nitrogen and oxygen atoms in total. The fraction of sp³-hybridized carbons (Fsp3) is 1.00. The number of nitrogens with one attached hydrogen (secondary N) is 2. The highest BCUT2D eigenvalue weighted by atomic mass is 32.2. The zero-order chi connectivity index (χ0) is 12.1. The second-order valence-electron chi connectivity index (χ2n) is 4.94. The molecule has 0 spiro atoms. The van der Waals surface area contributed by atoms with Crippen LogP contribution in [-0.4, -0.2) is 32.8 Å². The van der Waals surface area contributed by atoms with Gasteiger partial charge in [-0.2, -0.15) is 0 Å². The summed E-state index contributed by atoms with van der Waals surface area (Å²) in [6, 6.07) is 0. The average molecular weight is 248 g/mol. The van der Waals surface area contributed by atoms with Crippen LogP contribution in [0.25, 0.3) is 0 Å². The van der Waals surface area contributed by atoms with Crippen LogP contribution in [0.15, 0.2) is 0 Å². The molecule has 96 valence electrons. The van der Waals surface area contributed by atoms with Crippen molar-refractivity contribution in [3.63, 3.8) is 0 Å². The lowest BCUT2D eigenvalue weighted by Gasteiger charge is -2.38. The summed E-state index contributed by atoms with van der Waals surface area (Å²) in [6.07, 6.45) is 4.85. The van der Waals surface area contributed by atoms with Gasteiger partial charge in [0.15, 0.2) is 0 Å². The molecule has 0 atom stereocenters. The van der Waals surface area contributed by atoms with Gasteiger partial charge in [-0.05, 0) is 52.1 Å². The van der Waals surface area contributed by atoms with Crippen LogP contribution < -0.4 is 10.0 Å². The minimum atomic E-state index is -3.08. The van der Waals surface area contributed by atoms with Gasteiger partial charge in [0.2, 0.25) is 10.0 Å². The number of hydrogen-bond acceptors (Lipinski definition) is 3. The molecule has 0 aromatic heterocycles. The second kappa shape index (κ2) is 5.98. The van der Waals surface area contributed by atoms with Crippen LogP contribution >= 0.6 is 0 Å². The van der Waals surface area contributed by atoms with E-state index >= 15 is 0 Å². The molecule has 0 unspecified atom stereocenters. The van der Waals surface area contributed by atoms with E-state index in [2.05, 4.69) is 17.0 Å². The van der Waals surface area contributed by atoms with Crippen molar-refractivity contribution in [2.45, 2.75) is 51.5 Å². The maximum atomic E-state index is 11.7. The van der Waals surface area contributed by atoms with Gasteiger partial charge in [0.05, 0.1) is 5.75 Å². The Morgan fingerprint density at radius 1 is 1.25 bits per heavy atom.